The molecule has 2 rings (SSSR count). The van der Waals surface area contributed by atoms with Gasteiger partial charge < -0.3 is 15.8 Å². The van der Waals surface area contributed by atoms with E-state index in [1.54, 1.807) is 0 Å². The smallest absolute Gasteiger partial charge is 0.387 e. The van der Waals surface area contributed by atoms with E-state index in [-0.39, 0.29) is 22.7 Å². The lowest BCUT2D eigenvalue weighted by molar-refractivity contribution is -0.0498. The molecule has 0 saturated heterocycles. The standard InChI is InChI=1S/C14H14F2N4O3/c1-2-20-7-10(11(19-20)12(17)21)18-13(22)8-3-5-9(6-4-8)23-14(15)16/h3-7,14H,2H2,1H3,(H2,17,21)(H,18,22). The molecule has 3 N–H and O–H groups in total. The van der Waals surface area contributed by atoms with Crippen molar-refractivity contribution in [1.82, 2.24) is 9.78 Å². The molecule has 0 unspecified atom stereocenters. The Morgan fingerprint density at radius 1 is 1.35 bits per heavy atom. The lowest BCUT2D eigenvalue weighted by atomic mass is 10.2. The minimum absolute atomic E-state index is 0.0575. The van der Waals surface area contributed by atoms with Gasteiger partial charge in [-0.1, -0.05) is 0 Å². The van der Waals surface area contributed by atoms with E-state index in [4.69, 9.17) is 5.73 Å². The molecule has 0 fully saturated rings. The highest BCUT2D eigenvalue weighted by molar-refractivity contribution is 6.07. The summed E-state index contributed by atoms with van der Waals surface area (Å²) in [6, 6.07) is 5.12. The number of ether oxygens (including phenoxy) is 1. The van der Waals surface area contributed by atoms with Gasteiger partial charge in [0.05, 0.1) is 5.69 Å². The molecule has 2 aromatic rings. The summed E-state index contributed by atoms with van der Waals surface area (Å²) in [6.07, 6.45) is 1.48. The van der Waals surface area contributed by atoms with Crippen LogP contribution in [0, 0.1) is 0 Å². The highest BCUT2D eigenvalue weighted by Crippen LogP contribution is 2.18. The number of nitrogens with two attached hydrogens (primary N) is 1. The zero-order chi connectivity index (χ0) is 17.0. The van der Waals surface area contributed by atoms with Crippen LogP contribution in [0.25, 0.3) is 0 Å². The Balaban J connectivity index is 2.15. The Bertz CT molecular complexity index is 713. The lowest BCUT2D eigenvalue weighted by Gasteiger charge is -2.06. The first-order chi connectivity index (χ1) is 10.9. The number of aromatic nitrogens is 2. The van der Waals surface area contributed by atoms with Gasteiger partial charge in [0, 0.05) is 18.3 Å². The highest BCUT2D eigenvalue weighted by Gasteiger charge is 2.17. The van der Waals surface area contributed by atoms with Gasteiger partial charge >= 0.3 is 6.61 Å². The first kappa shape index (κ1) is 16.4. The summed E-state index contributed by atoms with van der Waals surface area (Å²) in [7, 11) is 0. The molecule has 1 aromatic heterocycles. The zero-order valence-corrected chi connectivity index (χ0v) is 12.1. The van der Waals surface area contributed by atoms with Gasteiger partial charge in [-0.05, 0) is 31.2 Å². The maximum absolute atomic E-state index is 12.1. The van der Waals surface area contributed by atoms with Crippen molar-refractivity contribution in [3.05, 3.63) is 41.7 Å². The normalized spacial score (nSPS) is 10.6. The number of rotatable bonds is 6. The molecule has 0 bridgehead atoms. The second-order valence-electron chi connectivity index (χ2n) is 4.47. The van der Waals surface area contributed by atoms with Crippen molar-refractivity contribution >= 4 is 17.5 Å². The van der Waals surface area contributed by atoms with Gasteiger partial charge in [-0.25, -0.2) is 0 Å². The summed E-state index contributed by atoms with van der Waals surface area (Å²) in [5, 5.41) is 6.46. The number of hydrogen-bond acceptors (Lipinski definition) is 4. The number of amides is 2. The van der Waals surface area contributed by atoms with E-state index in [0.717, 1.165) is 0 Å². The van der Waals surface area contributed by atoms with E-state index in [9.17, 15) is 18.4 Å². The van der Waals surface area contributed by atoms with Crippen LogP contribution in [-0.4, -0.2) is 28.2 Å². The fraction of sp³-hybridized carbons (Fsp3) is 0.214. The molecule has 0 saturated carbocycles. The van der Waals surface area contributed by atoms with Crippen molar-refractivity contribution in [1.29, 1.82) is 0 Å². The van der Waals surface area contributed by atoms with Crippen LogP contribution < -0.4 is 15.8 Å². The molecule has 9 heteroatoms. The topological polar surface area (TPSA) is 99.2 Å². The van der Waals surface area contributed by atoms with Gasteiger partial charge in [0.2, 0.25) is 0 Å². The van der Waals surface area contributed by atoms with Crippen LogP contribution in [0.3, 0.4) is 0 Å². The second kappa shape index (κ2) is 6.86. The van der Waals surface area contributed by atoms with Crippen molar-refractivity contribution in [2.45, 2.75) is 20.1 Å². The largest absolute Gasteiger partial charge is 0.435 e. The monoisotopic (exact) mass is 324 g/mol. The molecule has 0 spiro atoms. The maximum Gasteiger partial charge on any atom is 0.387 e. The predicted octanol–water partition coefficient (Wildman–Crippen LogP) is 1.86. The van der Waals surface area contributed by atoms with E-state index >= 15 is 0 Å². The van der Waals surface area contributed by atoms with Crippen LogP contribution in [0.5, 0.6) is 5.75 Å². The van der Waals surface area contributed by atoms with Crippen LogP contribution in [0.15, 0.2) is 30.5 Å². The summed E-state index contributed by atoms with van der Waals surface area (Å²) in [5.41, 5.74) is 5.53. The van der Waals surface area contributed by atoms with Gasteiger partial charge in [0.1, 0.15) is 5.75 Å². The zero-order valence-electron chi connectivity index (χ0n) is 12.1. The van der Waals surface area contributed by atoms with Crippen molar-refractivity contribution in [2.24, 2.45) is 5.73 Å². The molecular weight excluding hydrogens is 310 g/mol. The summed E-state index contributed by atoms with van der Waals surface area (Å²) >= 11 is 0. The van der Waals surface area contributed by atoms with Crippen molar-refractivity contribution in [3.8, 4) is 5.75 Å². The quantitative estimate of drug-likeness (QED) is 0.847. The SMILES string of the molecule is CCn1cc(NC(=O)c2ccc(OC(F)F)cc2)c(C(N)=O)n1. The van der Waals surface area contributed by atoms with Crippen molar-refractivity contribution in [2.75, 3.05) is 5.32 Å². The number of nitrogens with one attached hydrogen (secondary N) is 1. The number of benzene rings is 1. The van der Waals surface area contributed by atoms with Crippen LogP contribution in [0.4, 0.5) is 14.5 Å². The van der Waals surface area contributed by atoms with E-state index in [0.29, 0.717) is 6.54 Å². The minimum atomic E-state index is -2.94. The Kier molecular flexibility index (Phi) is 4.89. The number of nitrogens with zero attached hydrogens (tertiary/aromatic N) is 2. The molecular formula is C14H14F2N4O3. The number of carbonyl (C=O) groups is 2. The molecule has 0 aliphatic carbocycles. The molecule has 1 heterocycles. The molecule has 7 nitrogen and oxygen atoms in total. The first-order valence-corrected chi connectivity index (χ1v) is 6.64. The second-order valence-corrected chi connectivity index (χ2v) is 4.47. The van der Waals surface area contributed by atoms with Crippen LogP contribution >= 0.6 is 0 Å². The van der Waals surface area contributed by atoms with Gasteiger partial charge in [-0.3, -0.25) is 14.3 Å². The first-order valence-electron chi connectivity index (χ1n) is 6.64. The van der Waals surface area contributed by atoms with Crippen LogP contribution in [-0.2, 0) is 6.54 Å². The Morgan fingerprint density at radius 2 is 2.00 bits per heavy atom. The summed E-state index contributed by atoms with van der Waals surface area (Å²) in [5.74, 6) is -1.37. The van der Waals surface area contributed by atoms with Gasteiger partial charge in [-0.2, -0.15) is 13.9 Å². The predicted molar refractivity (Wildman–Crippen MR) is 77.4 cm³/mol. The third kappa shape index (κ3) is 4.02. The molecule has 0 atom stereocenters. The summed E-state index contributed by atoms with van der Waals surface area (Å²) in [4.78, 5) is 23.5. The summed E-state index contributed by atoms with van der Waals surface area (Å²) < 4.78 is 29.8. The number of halogens is 2. The maximum atomic E-state index is 12.1. The van der Waals surface area contributed by atoms with E-state index in [2.05, 4.69) is 15.2 Å². The molecule has 23 heavy (non-hydrogen) atoms. The number of hydrogen-bond donors (Lipinski definition) is 2. The number of carbonyl (C=O) groups excluding carboxylic acids is 2. The van der Waals surface area contributed by atoms with Crippen molar-refractivity contribution in [3.63, 3.8) is 0 Å². The number of aryl methyl sites for hydroxylation is 1. The average Bonchev–Trinajstić information content (AvgIpc) is 2.90. The van der Waals surface area contributed by atoms with E-state index in [1.807, 2.05) is 6.92 Å². The fourth-order valence-corrected chi connectivity index (χ4v) is 1.84. The minimum Gasteiger partial charge on any atom is -0.435 e. The van der Waals surface area contributed by atoms with Gasteiger partial charge in [-0.15, -0.1) is 0 Å². The molecule has 1 aromatic carbocycles. The number of anilines is 1. The third-order valence-corrected chi connectivity index (χ3v) is 2.91. The van der Waals surface area contributed by atoms with Crippen molar-refractivity contribution < 1.29 is 23.1 Å². The lowest BCUT2D eigenvalue weighted by Crippen LogP contribution is -2.18. The fourth-order valence-electron chi connectivity index (χ4n) is 1.84. The average molecular weight is 324 g/mol. The van der Waals surface area contributed by atoms with E-state index in [1.165, 1.54) is 35.1 Å². The third-order valence-electron chi connectivity index (χ3n) is 2.91. The molecule has 2 amide bonds. The molecule has 0 radical (unpaired) electrons. The van der Waals surface area contributed by atoms with Crippen LogP contribution in [0.2, 0.25) is 0 Å². The molecule has 0 aliphatic heterocycles. The highest BCUT2D eigenvalue weighted by atomic mass is 19.3. The summed E-state index contributed by atoms with van der Waals surface area (Å²) in [6.45, 7) is -0.631. The number of alkyl halides is 2. The molecule has 122 valence electrons. The van der Waals surface area contributed by atoms with Gasteiger partial charge in [0.25, 0.3) is 11.8 Å². The Morgan fingerprint density at radius 3 is 2.52 bits per heavy atom. The Labute approximate surface area is 130 Å². The van der Waals surface area contributed by atoms with Gasteiger partial charge in [0.15, 0.2) is 5.69 Å². The van der Waals surface area contributed by atoms with Crippen LogP contribution in [0.1, 0.15) is 27.8 Å². The number of primary amides is 1. The van der Waals surface area contributed by atoms with E-state index < -0.39 is 18.4 Å². The Hall–Kier alpha value is -2.97. The molecule has 0 aliphatic rings.